The van der Waals surface area contributed by atoms with Crippen molar-refractivity contribution in [2.45, 2.75) is 19.9 Å². The zero-order chi connectivity index (χ0) is 13.9. The fourth-order valence-electron chi connectivity index (χ4n) is 1.33. The van der Waals surface area contributed by atoms with Gasteiger partial charge in [-0.2, -0.15) is 0 Å². The Balaban J connectivity index is 2.81. The number of hydrogen-bond acceptors (Lipinski definition) is 3. The summed E-state index contributed by atoms with van der Waals surface area (Å²) >= 11 is 3.06. The maximum atomic E-state index is 13.2. The first-order valence-corrected chi connectivity index (χ1v) is 5.93. The van der Waals surface area contributed by atoms with Crippen LogP contribution in [0.15, 0.2) is 16.6 Å². The highest BCUT2D eigenvalue weighted by molar-refractivity contribution is 9.10. The van der Waals surface area contributed by atoms with Crippen LogP contribution in [0.3, 0.4) is 0 Å². The van der Waals surface area contributed by atoms with Gasteiger partial charge < -0.3 is 11.1 Å². The van der Waals surface area contributed by atoms with Gasteiger partial charge in [-0.25, -0.2) is 9.18 Å². The predicted octanol–water partition coefficient (Wildman–Crippen LogP) is 1.89. The van der Waals surface area contributed by atoms with E-state index < -0.39 is 18.0 Å². The molecule has 7 heteroatoms. The van der Waals surface area contributed by atoms with Crippen LogP contribution in [0.2, 0.25) is 0 Å². The van der Waals surface area contributed by atoms with E-state index in [9.17, 15) is 14.0 Å². The third-order valence-corrected chi connectivity index (χ3v) is 2.89. The summed E-state index contributed by atoms with van der Waals surface area (Å²) in [5.41, 5.74) is 6.08. The fraction of sp³-hybridized carbons (Fsp3) is 0.273. The molecule has 0 fully saturated rings. The number of nitrogens with one attached hydrogen (secondary N) is 2. The van der Waals surface area contributed by atoms with Gasteiger partial charge in [-0.1, -0.05) is 0 Å². The van der Waals surface area contributed by atoms with E-state index in [2.05, 4.69) is 21.2 Å². The minimum Gasteiger partial charge on any atom is -0.374 e. The molecule has 0 bridgehead atoms. The van der Waals surface area contributed by atoms with E-state index in [1.807, 2.05) is 5.32 Å². The Morgan fingerprint density at radius 2 is 2.06 bits per heavy atom. The largest absolute Gasteiger partial charge is 0.374 e. The molecule has 1 aromatic carbocycles. The van der Waals surface area contributed by atoms with Crippen molar-refractivity contribution in [3.05, 3.63) is 28.0 Å². The molecule has 0 saturated carbocycles. The number of amides is 3. The molecule has 3 amide bonds. The van der Waals surface area contributed by atoms with Crippen LogP contribution >= 0.6 is 15.9 Å². The molecular weight excluding hydrogens is 305 g/mol. The summed E-state index contributed by atoms with van der Waals surface area (Å²) < 4.78 is 13.5. The summed E-state index contributed by atoms with van der Waals surface area (Å²) in [6, 6.07) is 1.28. The van der Waals surface area contributed by atoms with Gasteiger partial charge in [-0.05, 0) is 47.5 Å². The molecule has 0 saturated heterocycles. The van der Waals surface area contributed by atoms with Crippen molar-refractivity contribution in [3.63, 3.8) is 0 Å². The lowest BCUT2D eigenvalue weighted by Gasteiger charge is -2.16. The van der Waals surface area contributed by atoms with Crippen LogP contribution in [0.1, 0.15) is 12.5 Å². The number of benzene rings is 1. The Labute approximate surface area is 112 Å². The summed E-state index contributed by atoms with van der Waals surface area (Å²) in [6.45, 7) is 3.27. The maximum absolute atomic E-state index is 13.2. The molecular formula is C11H13BrFN3O2. The fourth-order valence-corrected chi connectivity index (χ4v) is 1.67. The quantitative estimate of drug-likeness (QED) is 0.796. The molecule has 0 aliphatic heterocycles. The number of nitrogens with two attached hydrogens (primary N) is 1. The SMILES string of the molecule is Cc1cc(F)c(Br)cc1NC(C)C(=O)NC(N)=O. The Morgan fingerprint density at radius 3 is 2.61 bits per heavy atom. The number of imide groups is 1. The maximum Gasteiger partial charge on any atom is 0.318 e. The molecule has 0 aromatic heterocycles. The second-order valence-corrected chi connectivity index (χ2v) is 4.66. The number of hydrogen-bond donors (Lipinski definition) is 3. The molecule has 0 spiro atoms. The predicted molar refractivity (Wildman–Crippen MR) is 69.6 cm³/mol. The highest BCUT2D eigenvalue weighted by Gasteiger charge is 2.15. The van der Waals surface area contributed by atoms with Crippen molar-refractivity contribution in [3.8, 4) is 0 Å². The molecule has 98 valence electrons. The standard InChI is InChI=1S/C11H13BrFN3O2/c1-5-3-8(13)7(12)4-9(5)15-6(2)10(17)16-11(14)18/h3-4,6,15H,1-2H3,(H3,14,16,17,18). The van der Waals surface area contributed by atoms with Crippen molar-refractivity contribution in [1.82, 2.24) is 5.32 Å². The third-order valence-electron chi connectivity index (χ3n) is 2.28. The Morgan fingerprint density at radius 1 is 1.44 bits per heavy atom. The van der Waals surface area contributed by atoms with Gasteiger partial charge in [-0.3, -0.25) is 10.1 Å². The van der Waals surface area contributed by atoms with Crippen molar-refractivity contribution < 1.29 is 14.0 Å². The normalized spacial score (nSPS) is 11.8. The third kappa shape index (κ3) is 3.69. The molecule has 1 rings (SSSR count). The average molecular weight is 318 g/mol. The molecule has 0 radical (unpaired) electrons. The van der Waals surface area contributed by atoms with Crippen molar-refractivity contribution in [2.75, 3.05) is 5.32 Å². The van der Waals surface area contributed by atoms with E-state index in [1.54, 1.807) is 13.8 Å². The molecule has 5 nitrogen and oxygen atoms in total. The number of urea groups is 1. The average Bonchev–Trinajstić information content (AvgIpc) is 2.24. The van der Waals surface area contributed by atoms with E-state index in [0.717, 1.165) is 0 Å². The second-order valence-electron chi connectivity index (χ2n) is 3.80. The molecule has 1 aromatic rings. The number of rotatable bonds is 3. The van der Waals surface area contributed by atoms with Gasteiger partial charge in [-0.15, -0.1) is 0 Å². The minimum atomic E-state index is -0.911. The van der Waals surface area contributed by atoms with Gasteiger partial charge in [0.15, 0.2) is 0 Å². The smallest absolute Gasteiger partial charge is 0.318 e. The molecule has 0 aliphatic rings. The number of halogens is 2. The summed E-state index contributed by atoms with van der Waals surface area (Å²) in [4.78, 5) is 22.0. The number of carbonyl (C=O) groups is 2. The Kier molecular flexibility index (Phi) is 4.66. The topological polar surface area (TPSA) is 84.2 Å². The van der Waals surface area contributed by atoms with Crippen LogP contribution in [0.25, 0.3) is 0 Å². The van der Waals surface area contributed by atoms with Crippen LogP contribution < -0.4 is 16.4 Å². The number of aryl methyl sites for hydroxylation is 1. The van der Waals surface area contributed by atoms with Crippen LogP contribution in [-0.2, 0) is 4.79 Å². The number of carbonyl (C=O) groups excluding carboxylic acids is 2. The summed E-state index contributed by atoms with van der Waals surface area (Å²) in [5, 5.41) is 4.83. The second kappa shape index (κ2) is 5.81. The van der Waals surface area contributed by atoms with E-state index >= 15 is 0 Å². The van der Waals surface area contributed by atoms with E-state index in [-0.39, 0.29) is 10.3 Å². The van der Waals surface area contributed by atoms with Crippen LogP contribution in [-0.4, -0.2) is 18.0 Å². The Hall–Kier alpha value is -1.63. The highest BCUT2D eigenvalue weighted by atomic mass is 79.9. The molecule has 0 aliphatic carbocycles. The highest BCUT2D eigenvalue weighted by Crippen LogP contribution is 2.24. The minimum absolute atomic E-state index is 0.290. The van der Waals surface area contributed by atoms with Gasteiger partial charge >= 0.3 is 6.03 Å². The number of anilines is 1. The zero-order valence-electron chi connectivity index (χ0n) is 9.88. The zero-order valence-corrected chi connectivity index (χ0v) is 11.5. The monoisotopic (exact) mass is 317 g/mol. The lowest BCUT2D eigenvalue weighted by Crippen LogP contribution is -2.43. The first-order chi connectivity index (χ1) is 8.31. The van der Waals surface area contributed by atoms with Gasteiger partial charge in [0.05, 0.1) is 4.47 Å². The van der Waals surface area contributed by atoms with Crippen LogP contribution in [0.4, 0.5) is 14.9 Å². The first-order valence-electron chi connectivity index (χ1n) is 5.13. The summed E-state index contributed by atoms with van der Waals surface area (Å²) in [6.07, 6.45) is 0. The van der Waals surface area contributed by atoms with Gasteiger partial charge in [0, 0.05) is 5.69 Å². The molecule has 1 unspecified atom stereocenters. The van der Waals surface area contributed by atoms with Gasteiger partial charge in [0.1, 0.15) is 11.9 Å². The van der Waals surface area contributed by atoms with E-state index in [4.69, 9.17) is 5.73 Å². The van der Waals surface area contributed by atoms with Crippen molar-refractivity contribution in [2.24, 2.45) is 5.73 Å². The molecule has 4 N–H and O–H groups in total. The van der Waals surface area contributed by atoms with Gasteiger partial charge in [0.2, 0.25) is 5.91 Å². The Bertz CT molecular complexity index is 493. The van der Waals surface area contributed by atoms with Crippen molar-refractivity contribution >= 4 is 33.6 Å². The first kappa shape index (κ1) is 14.4. The van der Waals surface area contributed by atoms with Crippen LogP contribution in [0.5, 0.6) is 0 Å². The molecule has 1 atom stereocenters. The van der Waals surface area contributed by atoms with Gasteiger partial charge in [0.25, 0.3) is 0 Å². The number of primary amides is 1. The van der Waals surface area contributed by atoms with Crippen LogP contribution in [0, 0.1) is 12.7 Å². The lowest BCUT2D eigenvalue weighted by atomic mass is 10.1. The molecule has 0 heterocycles. The van der Waals surface area contributed by atoms with E-state index in [1.165, 1.54) is 12.1 Å². The van der Waals surface area contributed by atoms with E-state index in [0.29, 0.717) is 11.3 Å². The molecule has 18 heavy (non-hydrogen) atoms. The van der Waals surface area contributed by atoms with Crippen molar-refractivity contribution in [1.29, 1.82) is 0 Å². The lowest BCUT2D eigenvalue weighted by molar-refractivity contribution is -0.120. The summed E-state index contributed by atoms with van der Waals surface area (Å²) in [5.74, 6) is -0.936. The summed E-state index contributed by atoms with van der Waals surface area (Å²) in [7, 11) is 0.